The smallest absolute Gasteiger partial charge is 0.322 e. The highest BCUT2D eigenvalue weighted by molar-refractivity contribution is 5.85. The lowest BCUT2D eigenvalue weighted by molar-refractivity contribution is -0.138. The van der Waals surface area contributed by atoms with Crippen LogP contribution in [0.4, 0.5) is 82.2 Å². The van der Waals surface area contributed by atoms with Gasteiger partial charge in [-0.2, -0.15) is 20.4 Å². The third kappa shape index (κ3) is 17.6. The van der Waals surface area contributed by atoms with E-state index in [2.05, 4.69) is 99.3 Å². The van der Waals surface area contributed by atoms with Gasteiger partial charge in [-0.1, -0.05) is 46.2 Å². The van der Waals surface area contributed by atoms with Crippen molar-refractivity contribution in [2.75, 3.05) is 72.0 Å². The molecule has 0 N–H and O–H groups in total. The maximum Gasteiger partial charge on any atom is 0.322 e. The lowest BCUT2D eigenvalue weighted by Crippen LogP contribution is -2.33. The van der Waals surface area contributed by atoms with Crippen molar-refractivity contribution >= 4 is 95.6 Å². The molecule has 12 heterocycles. The summed E-state index contributed by atoms with van der Waals surface area (Å²) >= 11 is 0. The highest BCUT2D eigenvalue weighted by Gasteiger charge is 2.52. The van der Waals surface area contributed by atoms with E-state index in [0.717, 1.165) is 128 Å². The van der Waals surface area contributed by atoms with Crippen LogP contribution in [-0.2, 0) is 19.2 Å². The van der Waals surface area contributed by atoms with Gasteiger partial charge in [-0.05, 0) is 194 Å². The van der Waals surface area contributed by atoms with Gasteiger partial charge in [0.25, 0.3) is 23.3 Å². The highest BCUT2D eigenvalue weighted by Crippen LogP contribution is 2.50. The van der Waals surface area contributed by atoms with E-state index >= 15 is 0 Å². The molecule has 4 saturated heterocycles. The van der Waals surface area contributed by atoms with E-state index in [4.69, 9.17) is 26.3 Å². The lowest BCUT2D eigenvalue weighted by atomic mass is 10.0. The molecule has 8 aromatic rings. The molecule has 4 saturated carbocycles. The topological polar surface area (TPSA) is 264 Å². The van der Waals surface area contributed by atoms with Crippen LogP contribution in [0.25, 0.3) is 19.4 Å². The molecule has 632 valence electrons. The van der Waals surface area contributed by atoms with Gasteiger partial charge in [0, 0.05) is 176 Å². The van der Waals surface area contributed by atoms with E-state index < -0.39 is 70.7 Å². The molecule has 20 rings (SSSR count). The first-order valence-electron chi connectivity index (χ1n) is 41.1. The van der Waals surface area contributed by atoms with Crippen molar-refractivity contribution in [1.82, 2.24) is 59.9 Å². The number of hydrogen-bond acceptors (Lipinski definition) is 20. The first-order valence-corrected chi connectivity index (χ1v) is 41.1. The van der Waals surface area contributed by atoms with Crippen LogP contribution in [0.1, 0.15) is 123 Å². The number of amides is 4. The van der Waals surface area contributed by atoms with E-state index in [1.54, 1.807) is 73.9 Å². The van der Waals surface area contributed by atoms with E-state index in [9.17, 15) is 54.3 Å². The van der Waals surface area contributed by atoms with Crippen LogP contribution in [0.15, 0.2) is 142 Å². The van der Waals surface area contributed by atoms with Gasteiger partial charge in [0.1, 0.15) is 46.5 Å². The summed E-state index contributed by atoms with van der Waals surface area (Å²) in [4.78, 5) is 109. The van der Waals surface area contributed by atoms with E-state index in [-0.39, 0.29) is 47.3 Å². The van der Waals surface area contributed by atoms with Gasteiger partial charge in [0.15, 0.2) is 0 Å². The third-order valence-corrected chi connectivity index (χ3v) is 25.8. The average molecular weight is 1690 g/mol. The predicted molar refractivity (Wildman–Crippen MR) is 437 cm³/mol. The van der Waals surface area contributed by atoms with Gasteiger partial charge in [0.2, 0.25) is 23.6 Å². The highest BCUT2D eigenvalue weighted by atomic mass is 19.2. The van der Waals surface area contributed by atoms with Crippen molar-refractivity contribution in [1.29, 1.82) is 0 Å². The Morgan fingerprint density at radius 3 is 0.629 bits per heavy atom. The quantitative estimate of drug-likeness (QED) is 0.0813. The molecule has 4 amide bonds. The molecule has 4 unspecified atom stereocenters. The SMILES string of the molecule is [C-]#[N+]c1ccnc(N2C[C@H]3CC(C(=O)N4N=CC[C@@H]4c4cc(F)cc(F)c4)C[C@H]3C2)n1.[C-]#[N+]c1ccnc(N2C[C@H]3CC(C(=O)N4N=CC[C@@H]4c4cc(F)cc(F)c4)C[C@H]3C2)n1.[C-]#[N+]c1ccnc(N2C[C@H]3CC(C(=O)N4N=CC[C@H]4c4cc(F)cc(F)c4)C[C@H]3C2)n1.[C-]#[N+]c1ccnc(N2C[C@H]3CC(C(=O)N4N=CC[C@H]4c4cc(F)cc(F)c4)C[C@H]3C2)n1. The van der Waals surface area contributed by atoms with Crippen LogP contribution in [0, 0.1) is 144 Å². The summed E-state index contributed by atoms with van der Waals surface area (Å²) in [7, 11) is 0. The van der Waals surface area contributed by atoms with Crippen molar-refractivity contribution in [3.8, 4) is 0 Å². The van der Waals surface area contributed by atoms with Gasteiger partial charge < -0.3 is 39.0 Å². The van der Waals surface area contributed by atoms with Gasteiger partial charge in [-0.15, -0.1) is 0 Å². The Labute approximate surface area is 707 Å². The van der Waals surface area contributed by atoms with Gasteiger partial charge >= 0.3 is 23.8 Å². The first kappa shape index (κ1) is 82.7. The Bertz CT molecular complexity index is 4950. The average Bonchev–Trinajstić information content (AvgIpc) is 1.64. The summed E-state index contributed by atoms with van der Waals surface area (Å²) < 4.78 is 109. The Morgan fingerprint density at radius 1 is 0.282 bits per heavy atom. The molecule has 0 bridgehead atoms. The number of nitrogens with zero attached hydrogens (tertiary/aromatic N) is 24. The second-order valence-electron chi connectivity index (χ2n) is 33.4. The number of halogens is 8. The van der Waals surface area contributed by atoms with E-state index in [1.807, 2.05) is 0 Å². The second kappa shape index (κ2) is 35.4. The Balaban J connectivity index is 0.000000117. The third-order valence-electron chi connectivity index (χ3n) is 25.8. The number of aromatic nitrogens is 8. The van der Waals surface area contributed by atoms with Crippen LogP contribution in [0.5, 0.6) is 0 Å². The van der Waals surface area contributed by atoms with E-state index in [1.165, 1.54) is 68.6 Å². The van der Waals surface area contributed by atoms with Gasteiger partial charge in [-0.3, -0.25) is 19.2 Å². The molecule has 0 spiro atoms. The summed E-state index contributed by atoms with van der Waals surface area (Å²) in [6.45, 7) is 34.4. The van der Waals surface area contributed by atoms with Crippen LogP contribution < -0.4 is 19.6 Å². The normalized spacial score (nSPS) is 26.9. The lowest BCUT2D eigenvalue weighted by Gasteiger charge is -2.26. The molecule has 8 aliphatic heterocycles. The van der Waals surface area contributed by atoms with Crippen LogP contribution in [0.2, 0.25) is 0 Å². The summed E-state index contributed by atoms with van der Waals surface area (Å²) in [5, 5.41) is 22.5. The largest absolute Gasteiger partial charge is 0.360 e. The monoisotopic (exact) mass is 1690 g/mol. The molecule has 36 heteroatoms. The fourth-order valence-corrected chi connectivity index (χ4v) is 20.3. The summed E-state index contributed by atoms with van der Waals surface area (Å²) in [6.07, 6.45) is 20.5. The molecular weight excluding hydrogens is 1610 g/mol. The number of carbonyl (C=O) groups excluding carboxylic acids is 4. The molecule has 4 aromatic heterocycles. The minimum absolute atomic E-state index is 0.0874. The number of hydrazone groups is 4. The Kier molecular flexibility index (Phi) is 23.6. The molecule has 124 heavy (non-hydrogen) atoms. The van der Waals surface area contributed by atoms with E-state index in [0.29, 0.717) is 142 Å². The summed E-state index contributed by atoms with van der Waals surface area (Å²) in [6, 6.07) is 17.9. The minimum atomic E-state index is -0.658. The fourth-order valence-electron chi connectivity index (χ4n) is 20.3. The Hall–Kier alpha value is -13.6. The van der Waals surface area contributed by atoms with Crippen molar-refractivity contribution in [3.05, 3.63) is 236 Å². The summed E-state index contributed by atoms with van der Waals surface area (Å²) in [5.41, 5.74) is 1.68. The number of fused-ring (bicyclic) bond motifs is 4. The number of rotatable bonds is 12. The summed E-state index contributed by atoms with van der Waals surface area (Å²) in [5.74, 6) is -0.0387. The fraction of sp³-hybridized carbons (Fsp3) is 0.409. The van der Waals surface area contributed by atoms with Crippen LogP contribution in [0.3, 0.4) is 0 Å². The second-order valence-corrected chi connectivity index (χ2v) is 33.4. The van der Waals surface area contributed by atoms with Gasteiger partial charge in [0.05, 0.1) is 24.2 Å². The van der Waals surface area contributed by atoms with Crippen LogP contribution in [-0.4, -0.2) is 161 Å². The molecule has 8 fully saturated rings. The zero-order chi connectivity index (χ0) is 86.1. The molecule has 4 aromatic carbocycles. The number of carbonyl (C=O) groups is 4. The van der Waals surface area contributed by atoms with Crippen molar-refractivity contribution in [2.24, 2.45) is 91.4 Å². The minimum Gasteiger partial charge on any atom is -0.360 e. The van der Waals surface area contributed by atoms with Crippen molar-refractivity contribution < 1.29 is 54.3 Å². The predicted octanol–water partition coefficient (Wildman–Crippen LogP) is 14.9. The van der Waals surface area contributed by atoms with Crippen LogP contribution >= 0.6 is 0 Å². The molecule has 12 aliphatic rings. The first-order chi connectivity index (χ1) is 60.0. The number of benzene rings is 4. The maximum absolute atomic E-state index is 13.7. The molecule has 16 atom stereocenters. The van der Waals surface area contributed by atoms with Gasteiger partial charge in [-0.25, -0.2) is 75.1 Å². The zero-order valence-corrected chi connectivity index (χ0v) is 66.6. The molecular formula is C88H80F8N24O4. The maximum atomic E-state index is 13.7. The Morgan fingerprint density at radius 2 is 0.460 bits per heavy atom. The standard InChI is InChI=1S/4C22H20F2N6O/c4*1-25-20-3-4-26-22(28-20)29-11-15-6-14(7-16(15)12-29)21(31)30-19(2-5-27-30)13-8-17(23)10-18(24)9-13/h4*3-5,8-10,14-16,19H,2,6-7,11-12H2/t4*14?,15-,16+,19-/m1100/s1. The van der Waals surface area contributed by atoms with Crippen molar-refractivity contribution in [3.63, 3.8) is 0 Å². The van der Waals surface area contributed by atoms with Crippen molar-refractivity contribution in [2.45, 2.75) is 101 Å². The number of anilines is 4. The molecule has 0 radical (unpaired) electrons. The zero-order valence-electron chi connectivity index (χ0n) is 66.6. The molecule has 4 aliphatic carbocycles. The molecule has 28 nitrogen and oxygen atoms in total. The number of hydrogen-bond donors (Lipinski definition) is 0.